The summed E-state index contributed by atoms with van der Waals surface area (Å²) in [5, 5.41) is 11.0. The van der Waals surface area contributed by atoms with E-state index in [1.165, 1.54) is 28.6 Å². The van der Waals surface area contributed by atoms with Crippen LogP contribution in [0.2, 0.25) is 10.0 Å². The average Bonchev–Trinajstić information content (AvgIpc) is 3.29. The third kappa shape index (κ3) is 5.22. The van der Waals surface area contributed by atoms with Crippen molar-refractivity contribution in [2.45, 2.75) is 43.0 Å². The molecule has 33 heavy (non-hydrogen) atoms. The number of benzene rings is 2. The van der Waals surface area contributed by atoms with Gasteiger partial charge < -0.3 is 4.42 Å². The molecule has 1 aliphatic rings. The van der Waals surface area contributed by atoms with Crippen LogP contribution in [-0.4, -0.2) is 41.9 Å². The molecule has 0 saturated heterocycles. The van der Waals surface area contributed by atoms with Crippen LogP contribution in [0.1, 0.15) is 42.5 Å². The molecule has 1 N–H and O–H groups in total. The first-order valence-corrected chi connectivity index (χ1v) is 12.6. The van der Waals surface area contributed by atoms with E-state index in [0.717, 1.165) is 32.1 Å². The summed E-state index contributed by atoms with van der Waals surface area (Å²) in [6.07, 6.45) is 4.93. The fourth-order valence-corrected chi connectivity index (χ4v) is 5.59. The van der Waals surface area contributed by atoms with Crippen LogP contribution in [0.5, 0.6) is 0 Å². The van der Waals surface area contributed by atoms with Crippen LogP contribution in [0.15, 0.2) is 51.8 Å². The third-order valence-corrected chi connectivity index (χ3v) is 8.18. The summed E-state index contributed by atoms with van der Waals surface area (Å²) in [6.45, 7) is 0. The summed E-state index contributed by atoms with van der Waals surface area (Å²) in [5.74, 6) is -0.419. The average molecular weight is 509 g/mol. The Morgan fingerprint density at radius 1 is 1.06 bits per heavy atom. The molecule has 1 fully saturated rings. The Hall–Kier alpha value is -2.46. The lowest BCUT2D eigenvalue weighted by molar-refractivity contribution is 0.102. The lowest BCUT2D eigenvalue weighted by Gasteiger charge is -2.30. The summed E-state index contributed by atoms with van der Waals surface area (Å²) in [6, 6.07) is 10.4. The van der Waals surface area contributed by atoms with Crippen molar-refractivity contribution < 1.29 is 17.6 Å². The van der Waals surface area contributed by atoms with E-state index >= 15 is 0 Å². The van der Waals surface area contributed by atoms with Crippen molar-refractivity contribution in [2.24, 2.45) is 0 Å². The number of hydrogen-bond donors (Lipinski definition) is 1. The molecule has 0 aliphatic heterocycles. The molecule has 0 radical (unpaired) electrons. The maximum absolute atomic E-state index is 13.0. The molecule has 1 heterocycles. The molecule has 0 atom stereocenters. The van der Waals surface area contributed by atoms with E-state index < -0.39 is 15.9 Å². The van der Waals surface area contributed by atoms with Gasteiger partial charge in [-0.15, -0.1) is 5.10 Å². The zero-order chi connectivity index (χ0) is 23.6. The standard InChI is InChI=1S/C22H22Cl2N4O4S/c1-28(16-5-3-2-4-6-16)33(30,31)17-10-7-14(8-11-17)20(29)25-22-27-26-21(32-22)18-13-15(23)9-12-19(18)24/h7-13,16H,2-6H2,1H3,(H,25,27,29). The highest BCUT2D eigenvalue weighted by Gasteiger charge is 2.29. The van der Waals surface area contributed by atoms with Crippen LogP contribution < -0.4 is 5.32 Å². The predicted molar refractivity (Wildman–Crippen MR) is 126 cm³/mol. The van der Waals surface area contributed by atoms with Crippen molar-refractivity contribution in [3.05, 3.63) is 58.1 Å². The zero-order valence-corrected chi connectivity index (χ0v) is 20.1. The van der Waals surface area contributed by atoms with Gasteiger partial charge in [0.2, 0.25) is 10.0 Å². The van der Waals surface area contributed by atoms with E-state index in [1.807, 2.05) is 0 Å². The lowest BCUT2D eigenvalue weighted by Crippen LogP contribution is -2.38. The fraction of sp³-hybridized carbons (Fsp3) is 0.318. The quantitative estimate of drug-likeness (QED) is 0.487. The number of sulfonamides is 1. The number of carbonyl (C=O) groups excluding carboxylic acids is 1. The van der Waals surface area contributed by atoms with Crippen LogP contribution in [0, 0.1) is 0 Å². The van der Waals surface area contributed by atoms with Crippen molar-refractivity contribution >= 4 is 45.1 Å². The fourth-order valence-electron chi connectivity index (χ4n) is 3.80. The maximum Gasteiger partial charge on any atom is 0.322 e. The monoisotopic (exact) mass is 508 g/mol. The molecule has 1 amide bonds. The SMILES string of the molecule is CN(C1CCCCC1)S(=O)(=O)c1ccc(C(=O)Nc2nnc(-c3cc(Cl)ccc3Cl)o2)cc1. The highest BCUT2D eigenvalue weighted by Crippen LogP contribution is 2.30. The topological polar surface area (TPSA) is 105 Å². The molecular weight excluding hydrogens is 487 g/mol. The molecule has 174 valence electrons. The first kappa shape index (κ1) is 23.7. The van der Waals surface area contributed by atoms with Crippen LogP contribution in [-0.2, 0) is 10.0 Å². The number of rotatable bonds is 6. The first-order chi connectivity index (χ1) is 15.8. The van der Waals surface area contributed by atoms with E-state index in [2.05, 4.69) is 15.5 Å². The number of anilines is 1. The molecule has 1 aliphatic carbocycles. The molecule has 0 unspecified atom stereocenters. The molecular formula is C22H22Cl2N4O4S. The molecule has 4 rings (SSSR count). The van der Waals surface area contributed by atoms with Gasteiger partial charge in [-0.2, -0.15) is 4.31 Å². The van der Waals surface area contributed by atoms with Crippen molar-refractivity contribution in [1.29, 1.82) is 0 Å². The highest BCUT2D eigenvalue weighted by atomic mass is 35.5. The third-order valence-electron chi connectivity index (χ3n) is 5.69. The van der Waals surface area contributed by atoms with E-state index in [9.17, 15) is 13.2 Å². The van der Waals surface area contributed by atoms with Crippen molar-refractivity contribution in [2.75, 3.05) is 12.4 Å². The van der Waals surface area contributed by atoms with Gasteiger partial charge in [-0.05, 0) is 55.3 Å². The first-order valence-electron chi connectivity index (χ1n) is 10.4. The summed E-state index contributed by atoms with van der Waals surface area (Å²) < 4.78 is 32.8. The second-order valence-electron chi connectivity index (χ2n) is 7.83. The minimum Gasteiger partial charge on any atom is -0.403 e. The van der Waals surface area contributed by atoms with Crippen molar-refractivity contribution in [3.63, 3.8) is 0 Å². The maximum atomic E-state index is 13.0. The Kier molecular flexibility index (Phi) is 7.04. The summed E-state index contributed by atoms with van der Waals surface area (Å²) in [5.41, 5.74) is 0.684. The van der Waals surface area contributed by atoms with E-state index in [4.69, 9.17) is 27.6 Å². The number of carbonyl (C=O) groups is 1. The molecule has 11 heteroatoms. The largest absolute Gasteiger partial charge is 0.403 e. The zero-order valence-electron chi connectivity index (χ0n) is 17.8. The molecule has 1 saturated carbocycles. The Bertz CT molecular complexity index is 1260. The second kappa shape index (κ2) is 9.80. The van der Waals surface area contributed by atoms with Gasteiger partial charge in [-0.3, -0.25) is 10.1 Å². The molecule has 0 bridgehead atoms. The van der Waals surface area contributed by atoms with Crippen LogP contribution in [0.25, 0.3) is 11.5 Å². The Morgan fingerprint density at radius 2 is 1.76 bits per heavy atom. The van der Waals surface area contributed by atoms with Gasteiger partial charge in [0.05, 0.1) is 15.5 Å². The van der Waals surface area contributed by atoms with Gasteiger partial charge in [0.1, 0.15) is 0 Å². The number of nitrogens with one attached hydrogen (secondary N) is 1. The number of hydrogen-bond acceptors (Lipinski definition) is 6. The van der Waals surface area contributed by atoms with Crippen LogP contribution in [0.4, 0.5) is 6.01 Å². The van der Waals surface area contributed by atoms with E-state index in [1.54, 1.807) is 25.2 Å². The smallest absolute Gasteiger partial charge is 0.322 e. The predicted octanol–water partition coefficient (Wildman–Crippen LogP) is 5.25. The normalized spacial score (nSPS) is 15.0. The molecule has 0 spiro atoms. The molecule has 1 aromatic heterocycles. The number of halogens is 2. The van der Waals surface area contributed by atoms with Crippen LogP contribution >= 0.6 is 23.2 Å². The Labute approximate surface area is 201 Å². The number of amides is 1. The summed E-state index contributed by atoms with van der Waals surface area (Å²) >= 11 is 12.1. The minimum absolute atomic E-state index is 0.00597. The number of aromatic nitrogens is 2. The Morgan fingerprint density at radius 3 is 2.45 bits per heavy atom. The minimum atomic E-state index is -3.64. The second-order valence-corrected chi connectivity index (χ2v) is 10.7. The van der Waals surface area contributed by atoms with Gasteiger partial charge in [0, 0.05) is 23.7 Å². The van der Waals surface area contributed by atoms with E-state index in [-0.39, 0.29) is 28.4 Å². The highest BCUT2D eigenvalue weighted by molar-refractivity contribution is 7.89. The number of nitrogens with zero attached hydrogens (tertiary/aromatic N) is 3. The van der Waals surface area contributed by atoms with Crippen molar-refractivity contribution in [3.8, 4) is 11.5 Å². The van der Waals surface area contributed by atoms with Gasteiger partial charge in [-0.1, -0.05) is 47.6 Å². The van der Waals surface area contributed by atoms with Crippen LogP contribution in [0.3, 0.4) is 0 Å². The molecule has 8 nitrogen and oxygen atoms in total. The molecule has 3 aromatic rings. The van der Waals surface area contributed by atoms with Gasteiger partial charge >= 0.3 is 6.01 Å². The van der Waals surface area contributed by atoms with Crippen molar-refractivity contribution in [1.82, 2.24) is 14.5 Å². The van der Waals surface area contributed by atoms with Gasteiger partial charge in [0.25, 0.3) is 11.8 Å². The lowest BCUT2D eigenvalue weighted by atomic mass is 9.96. The summed E-state index contributed by atoms with van der Waals surface area (Å²) in [4.78, 5) is 12.7. The van der Waals surface area contributed by atoms with E-state index in [0.29, 0.717) is 15.6 Å². The summed E-state index contributed by atoms with van der Waals surface area (Å²) in [7, 11) is -2.02. The molecule has 2 aromatic carbocycles. The van der Waals surface area contributed by atoms with Gasteiger partial charge in [-0.25, -0.2) is 8.42 Å². The van der Waals surface area contributed by atoms with Gasteiger partial charge in [0.15, 0.2) is 0 Å². The Balaban J connectivity index is 1.46.